The van der Waals surface area contributed by atoms with Gasteiger partial charge in [-0.25, -0.2) is 0 Å². The molecule has 0 radical (unpaired) electrons. The zero-order valence-corrected chi connectivity index (χ0v) is 8.89. The smallest absolute Gasteiger partial charge is 0.287 e. The molecule has 1 fully saturated rings. The third-order valence-electron chi connectivity index (χ3n) is 2.32. The second-order valence-corrected chi connectivity index (χ2v) is 4.15. The van der Waals surface area contributed by atoms with Crippen LogP contribution in [0, 0.1) is 0 Å². The van der Waals surface area contributed by atoms with Crippen LogP contribution in [-0.2, 0) is 10.7 Å². The Balaban J connectivity index is 2.36. The summed E-state index contributed by atoms with van der Waals surface area (Å²) in [6.07, 6.45) is 0. The van der Waals surface area contributed by atoms with Gasteiger partial charge in [0, 0.05) is 17.9 Å². The lowest BCUT2D eigenvalue weighted by atomic mass is 10.0. The molecule has 0 bridgehead atoms. The van der Waals surface area contributed by atoms with E-state index in [0.717, 1.165) is 6.92 Å². The second-order valence-electron chi connectivity index (χ2n) is 3.72. The predicted octanol–water partition coefficient (Wildman–Crippen LogP) is 2.96. The fourth-order valence-corrected chi connectivity index (χ4v) is 1.57. The lowest BCUT2D eigenvalue weighted by Gasteiger charge is -2.26. The minimum Gasteiger partial charge on any atom is -0.380 e. The Morgan fingerprint density at radius 2 is 2.13 bits per heavy atom. The molecule has 2 rings (SSSR count). The monoisotopic (exact) mass is 233 g/mol. The molecule has 0 spiro atoms. The Morgan fingerprint density at radius 3 is 2.60 bits per heavy atom. The number of hydrogen-bond donors (Lipinski definition) is 0. The Kier molecular flexibility index (Phi) is 2.64. The molecule has 0 unspecified atom stereocenters. The number of rotatable bonds is 2. The van der Waals surface area contributed by atoms with E-state index < -0.39 is 5.92 Å². The van der Waals surface area contributed by atoms with Crippen LogP contribution >= 0.6 is 11.6 Å². The zero-order chi connectivity index (χ0) is 11.1. The van der Waals surface area contributed by atoms with Crippen molar-refractivity contribution in [1.29, 1.82) is 0 Å². The van der Waals surface area contributed by atoms with Crippen LogP contribution in [0.2, 0.25) is 5.02 Å². The molecule has 0 amide bonds. The van der Waals surface area contributed by atoms with Gasteiger partial charge in [0.2, 0.25) is 0 Å². The van der Waals surface area contributed by atoms with Gasteiger partial charge in [-0.3, -0.25) is 4.98 Å². The molecule has 0 saturated carbocycles. The van der Waals surface area contributed by atoms with Crippen LogP contribution in [0.1, 0.15) is 24.2 Å². The summed E-state index contributed by atoms with van der Waals surface area (Å²) in [5.74, 6) is -2.85. The third kappa shape index (κ3) is 2.26. The van der Waals surface area contributed by atoms with E-state index in [1.54, 1.807) is 6.07 Å². The van der Waals surface area contributed by atoms with Gasteiger partial charge in [0.05, 0.1) is 18.9 Å². The highest BCUT2D eigenvalue weighted by Crippen LogP contribution is 2.31. The first-order valence-electron chi connectivity index (χ1n) is 4.60. The van der Waals surface area contributed by atoms with E-state index in [9.17, 15) is 8.78 Å². The predicted molar refractivity (Wildman–Crippen MR) is 52.4 cm³/mol. The maximum atomic E-state index is 13.0. The molecule has 0 atom stereocenters. The van der Waals surface area contributed by atoms with Gasteiger partial charge in [-0.15, -0.1) is 0 Å². The molecule has 5 heteroatoms. The second kappa shape index (κ2) is 3.68. The minimum atomic E-state index is -2.95. The first-order valence-corrected chi connectivity index (χ1v) is 4.98. The molecule has 2 heterocycles. The first kappa shape index (κ1) is 10.8. The van der Waals surface area contributed by atoms with Crippen LogP contribution in [0.25, 0.3) is 0 Å². The standard InChI is InChI=1S/C10H10ClF2NO/c1-10(12,13)9-3-7(11)2-8(14-9)6-4-15-5-6/h2-3,6H,4-5H2,1H3. The summed E-state index contributed by atoms with van der Waals surface area (Å²) in [4.78, 5) is 3.91. The average Bonchev–Trinajstić information content (AvgIpc) is 1.97. The van der Waals surface area contributed by atoms with Crippen molar-refractivity contribution in [3.8, 4) is 0 Å². The van der Waals surface area contributed by atoms with Crippen LogP contribution in [0.15, 0.2) is 12.1 Å². The molecule has 2 nitrogen and oxygen atoms in total. The van der Waals surface area contributed by atoms with E-state index in [0.29, 0.717) is 23.9 Å². The van der Waals surface area contributed by atoms with Gasteiger partial charge in [-0.1, -0.05) is 11.6 Å². The summed E-state index contributed by atoms with van der Waals surface area (Å²) in [5.41, 5.74) is 0.308. The van der Waals surface area contributed by atoms with Gasteiger partial charge in [-0.2, -0.15) is 8.78 Å². The van der Waals surface area contributed by atoms with Crippen molar-refractivity contribution >= 4 is 11.6 Å². The fraction of sp³-hybridized carbons (Fsp3) is 0.500. The van der Waals surface area contributed by atoms with Crippen LogP contribution in [0.5, 0.6) is 0 Å². The van der Waals surface area contributed by atoms with Gasteiger partial charge < -0.3 is 4.74 Å². The van der Waals surface area contributed by atoms with Crippen molar-refractivity contribution in [3.63, 3.8) is 0 Å². The van der Waals surface area contributed by atoms with Crippen molar-refractivity contribution in [2.24, 2.45) is 0 Å². The number of alkyl halides is 2. The van der Waals surface area contributed by atoms with Crippen LogP contribution in [0.4, 0.5) is 8.78 Å². The Labute approximate surface area is 91.2 Å². The summed E-state index contributed by atoms with van der Waals surface area (Å²) >= 11 is 5.77. The number of pyridine rings is 1. The summed E-state index contributed by atoms with van der Waals surface area (Å²) < 4.78 is 31.1. The number of hydrogen-bond acceptors (Lipinski definition) is 2. The lowest BCUT2D eigenvalue weighted by molar-refractivity contribution is 0.00161. The molecule has 15 heavy (non-hydrogen) atoms. The molecule has 0 N–H and O–H groups in total. The van der Waals surface area contributed by atoms with E-state index in [-0.39, 0.29) is 11.6 Å². The molecule has 1 aliphatic heterocycles. The molecule has 0 aromatic carbocycles. The molecule has 82 valence electrons. The number of ether oxygens (including phenoxy) is 1. The maximum absolute atomic E-state index is 13.0. The van der Waals surface area contributed by atoms with E-state index in [1.807, 2.05) is 0 Å². The molecule has 1 aromatic rings. The lowest BCUT2D eigenvalue weighted by Crippen LogP contribution is -2.27. The Bertz CT molecular complexity index is 374. The maximum Gasteiger partial charge on any atom is 0.287 e. The third-order valence-corrected chi connectivity index (χ3v) is 2.53. The van der Waals surface area contributed by atoms with Crippen LogP contribution in [-0.4, -0.2) is 18.2 Å². The normalized spacial score (nSPS) is 17.6. The number of nitrogens with zero attached hydrogens (tertiary/aromatic N) is 1. The number of halogens is 3. The highest BCUT2D eigenvalue weighted by atomic mass is 35.5. The minimum absolute atomic E-state index is 0.102. The zero-order valence-electron chi connectivity index (χ0n) is 8.14. The molecule has 1 aromatic heterocycles. The molecular weight excluding hydrogens is 224 g/mol. The van der Waals surface area contributed by atoms with Crippen molar-refractivity contribution < 1.29 is 13.5 Å². The molecule has 0 aliphatic carbocycles. The molecular formula is C10H10ClF2NO. The van der Waals surface area contributed by atoms with Crippen molar-refractivity contribution in [2.45, 2.75) is 18.8 Å². The summed E-state index contributed by atoms with van der Waals surface area (Å²) in [5, 5.41) is 0.295. The summed E-state index contributed by atoms with van der Waals surface area (Å²) in [7, 11) is 0. The van der Waals surface area contributed by atoms with Crippen molar-refractivity contribution in [2.75, 3.05) is 13.2 Å². The van der Waals surface area contributed by atoms with E-state index in [1.165, 1.54) is 6.07 Å². The highest BCUT2D eigenvalue weighted by molar-refractivity contribution is 6.30. The average molecular weight is 234 g/mol. The van der Waals surface area contributed by atoms with E-state index in [4.69, 9.17) is 16.3 Å². The van der Waals surface area contributed by atoms with Gasteiger partial charge in [0.25, 0.3) is 5.92 Å². The van der Waals surface area contributed by atoms with Crippen molar-refractivity contribution in [1.82, 2.24) is 4.98 Å². The fourth-order valence-electron chi connectivity index (χ4n) is 1.36. The van der Waals surface area contributed by atoms with Gasteiger partial charge in [-0.05, 0) is 12.1 Å². The summed E-state index contributed by atoms with van der Waals surface area (Å²) in [6.45, 7) is 1.87. The Hall–Kier alpha value is -0.740. The quantitative estimate of drug-likeness (QED) is 0.784. The largest absolute Gasteiger partial charge is 0.380 e. The topological polar surface area (TPSA) is 22.1 Å². The van der Waals surface area contributed by atoms with Gasteiger partial charge in [0.1, 0.15) is 5.69 Å². The SMILES string of the molecule is CC(F)(F)c1cc(Cl)cc(C2COC2)n1. The highest BCUT2D eigenvalue weighted by Gasteiger charge is 2.29. The van der Waals surface area contributed by atoms with Gasteiger partial charge >= 0.3 is 0 Å². The van der Waals surface area contributed by atoms with Crippen molar-refractivity contribution in [3.05, 3.63) is 28.5 Å². The van der Waals surface area contributed by atoms with Crippen LogP contribution in [0.3, 0.4) is 0 Å². The molecule has 1 aliphatic rings. The van der Waals surface area contributed by atoms with E-state index in [2.05, 4.69) is 4.98 Å². The molecule has 1 saturated heterocycles. The number of aromatic nitrogens is 1. The van der Waals surface area contributed by atoms with E-state index >= 15 is 0 Å². The van der Waals surface area contributed by atoms with Crippen LogP contribution < -0.4 is 0 Å². The first-order chi connectivity index (χ1) is 6.97. The summed E-state index contributed by atoms with van der Waals surface area (Å²) in [6, 6.07) is 2.81. The van der Waals surface area contributed by atoms with Gasteiger partial charge in [0.15, 0.2) is 0 Å². The Morgan fingerprint density at radius 1 is 1.47 bits per heavy atom.